The van der Waals surface area contributed by atoms with Crippen molar-refractivity contribution in [3.63, 3.8) is 0 Å². The molecule has 0 bridgehead atoms. The quantitative estimate of drug-likeness (QED) is 0.836. The van der Waals surface area contributed by atoms with Gasteiger partial charge in [0.2, 0.25) is 0 Å². The number of carbonyl (C=O) groups excluding carboxylic acids is 2. The molecule has 6 nitrogen and oxygen atoms in total. The standard InChI is InChI=1S/C20H22N2O4/c1-15(26-20(24)16-5-3-2-4-6-16)19(23)21-17-7-9-18(10-8-17)22-11-13-25-14-12-22/h2-10,15H,11-14H2,1H3,(H,21,23)/t15-/m1/s1. The van der Waals surface area contributed by atoms with Crippen LogP contribution in [-0.4, -0.2) is 44.3 Å². The van der Waals surface area contributed by atoms with Gasteiger partial charge in [-0.05, 0) is 43.3 Å². The lowest BCUT2D eigenvalue weighted by molar-refractivity contribution is -0.123. The van der Waals surface area contributed by atoms with E-state index in [1.807, 2.05) is 30.3 Å². The molecule has 3 rings (SSSR count). The summed E-state index contributed by atoms with van der Waals surface area (Å²) >= 11 is 0. The average Bonchev–Trinajstić information content (AvgIpc) is 2.70. The second kappa shape index (κ2) is 8.49. The molecule has 0 aromatic heterocycles. The molecule has 0 spiro atoms. The topological polar surface area (TPSA) is 67.9 Å². The third-order valence-corrected chi connectivity index (χ3v) is 4.17. The normalized spacial score (nSPS) is 15.2. The number of carbonyl (C=O) groups is 2. The number of hydrogen-bond acceptors (Lipinski definition) is 5. The van der Waals surface area contributed by atoms with Crippen LogP contribution in [0.3, 0.4) is 0 Å². The number of rotatable bonds is 5. The Bertz CT molecular complexity index is 740. The number of benzene rings is 2. The third-order valence-electron chi connectivity index (χ3n) is 4.17. The van der Waals surface area contributed by atoms with E-state index in [4.69, 9.17) is 9.47 Å². The molecule has 2 aromatic rings. The molecule has 1 heterocycles. The first-order chi connectivity index (χ1) is 12.6. The van der Waals surface area contributed by atoms with Crippen LogP contribution >= 0.6 is 0 Å². The maximum Gasteiger partial charge on any atom is 0.338 e. The van der Waals surface area contributed by atoms with Gasteiger partial charge >= 0.3 is 5.97 Å². The summed E-state index contributed by atoms with van der Waals surface area (Å²) in [6.07, 6.45) is -0.887. The Hall–Kier alpha value is -2.86. The summed E-state index contributed by atoms with van der Waals surface area (Å²) in [4.78, 5) is 26.5. The van der Waals surface area contributed by atoms with Gasteiger partial charge in [-0.15, -0.1) is 0 Å². The Morgan fingerprint density at radius 1 is 1.04 bits per heavy atom. The highest BCUT2D eigenvalue weighted by atomic mass is 16.5. The Morgan fingerprint density at radius 3 is 2.35 bits per heavy atom. The van der Waals surface area contributed by atoms with Crippen molar-refractivity contribution < 1.29 is 19.1 Å². The monoisotopic (exact) mass is 354 g/mol. The zero-order valence-electron chi connectivity index (χ0n) is 14.7. The van der Waals surface area contributed by atoms with E-state index in [1.165, 1.54) is 0 Å². The number of morpholine rings is 1. The molecule has 136 valence electrons. The van der Waals surface area contributed by atoms with Crippen LogP contribution in [0.1, 0.15) is 17.3 Å². The van der Waals surface area contributed by atoms with Crippen molar-refractivity contribution >= 4 is 23.3 Å². The molecule has 1 N–H and O–H groups in total. The van der Waals surface area contributed by atoms with E-state index in [0.717, 1.165) is 32.0 Å². The van der Waals surface area contributed by atoms with Gasteiger partial charge in [0.25, 0.3) is 5.91 Å². The molecule has 1 aliphatic rings. The van der Waals surface area contributed by atoms with Crippen molar-refractivity contribution in [2.24, 2.45) is 0 Å². The molecular weight excluding hydrogens is 332 g/mol. The Labute approximate surface area is 152 Å². The number of hydrogen-bond donors (Lipinski definition) is 1. The van der Waals surface area contributed by atoms with Crippen LogP contribution < -0.4 is 10.2 Å². The summed E-state index contributed by atoms with van der Waals surface area (Å²) in [6, 6.07) is 16.2. The summed E-state index contributed by atoms with van der Waals surface area (Å²) in [5.41, 5.74) is 2.17. The predicted molar refractivity (Wildman–Crippen MR) is 99.4 cm³/mol. The van der Waals surface area contributed by atoms with Gasteiger partial charge in [-0.1, -0.05) is 18.2 Å². The summed E-state index contributed by atoms with van der Waals surface area (Å²) in [7, 11) is 0. The molecule has 2 aromatic carbocycles. The van der Waals surface area contributed by atoms with Gasteiger partial charge in [0, 0.05) is 24.5 Å². The van der Waals surface area contributed by atoms with Gasteiger partial charge in [0.1, 0.15) is 0 Å². The number of ether oxygens (including phenoxy) is 2. The summed E-state index contributed by atoms with van der Waals surface area (Å²) < 4.78 is 10.6. The largest absolute Gasteiger partial charge is 0.449 e. The molecule has 0 radical (unpaired) electrons. The van der Waals surface area contributed by atoms with Crippen LogP contribution in [0.2, 0.25) is 0 Å². The Kier molecular flexibility index (Phi) is 5.86. The van der Waals surface area contributed by atoms with Gasteiger partial charge in [-0.3, -0.25) is 4.79 Å². The molecule has 6 heteroatoms. The van der Waals surface area contributed by atoms with Crippen LogP contribution in [0, 0.1) is 0 Å². The van der Waals surface area contributed by atoms with E-state index < -0.39 is 12.1 Å². The van der Waals surface area contributed by atoms with Gasteiger partial charge in [-0.2, -0.15) is 0 Å². The highest BCUT2D eigenvalue weighted by Gasteiger charge is 2.19. The van der Waals surface area contributed by atoms with Crippen LogP contribution in [0.4, 0.5) is 11.4 Å². The summed E-state index contributed by atoms with van der Waals surface area (Å²) in [6.45, 7) is 4.72. The first-order valence-electron chi connectivity index (χ1n) is 8.63. The molecule has 1 atom stereocenters. The van der Waals surface area contributed by atoms with E-state index in [2.05, 4.69) is 10.2 Å². The lowest BCUT2D eigenvalue weighted by Gasteiger charge is -2.28. The Balaban J connectivity index is 1.54. The van der Waals surface area contributed by atoms with Crippen molar-refractivity contribution in [1.82, 2.24) is 0 Å². The van der Waals surface area contributed by atoms with Gasteiger partial charge in [-0.25, -0.2) is 4.79 Å². The maximum absolute atomic E-state index is 12.3. The van der Waals surface area contributed by atoms with Gasteiger partial charge < -0.3 is 19.7 Å². The second-order valence-corrected chi connectivity index (χ2v) is 6.05. The lowest BCUT2D eigenvalue weighted by Crippen LogP contribution is -2.36. The van der Waals surface area contributed by atoms with Crippen molar-refractivity contribution in [1.29, 1.82) is 0 Å². The van der Waals surface area contributed by atoms with Crippen LogP contribution in [-0.2, 0) is 14.3 Å². The molecule has 0 saturated carbocycles. The highest BCUT2D eigenvalue weighted by Crippen LogP contribution is 2.19. The van der Waals surface area contributed by atoms with E-state index in [1.54, 1.807) is 31.2 Å². The van der Waals surface area contributed by atoms with E-state index in [9.17, 15) is 9.59 Å². The number of nitrogens with one attached hydrogen (secondary N) is 1. The van der Waals surface area contributed by atoms with Crippen molar-refractivity contribution in [3.05, 3.63) is 60.2 Å². The average molecular weight is 354 g/mol. The van der Waals surface area contributed by atoms with Crippen molar-refractivity contribution in [2.75, 3.05) is 36.5 Å². The molecular formula is C20H22N2O4. The fourth-order valence-electron chi connectivity index (χ4n) is 2.68. The first kappa shape index (κ1) is 17.9. The molecule has 1 amide bonds. The smallest absolute Gasteiger partial charge is 0.338 e. The molecule has 1 fully saturated rings. The predicted octanol–water partition coefficient (Wildman–Crippen LogP) is 2.71. The van der Waals surface area contributed by atoms with E-state index in [-0.39, 0.29) is 5.91 Å². The minimum absolute atomic E-state index is 0.367. The van der Waals surface area contributed by atoms with Crippen LogP contribution in [0.5, 0.6) is 0 Å². The van der Waals surface area contributed by atoms with Crippen LogP contribution in [0.15, 0.2) is 54.6 Å². The minimum atomic E-state index is -0.887. The molecule has 1 saturated heterocycles. The SMILES string of the molecule is C[C@@H](OC(=O)c1ccccc1)C(=O)Nc1ccc(N2CCOCC2)cc1. The fraction of sp³-hybridized carbons (Fsp3) is 0.300. The number of nitrogens with zero attached hydrogens (tertiary/aromatic N) is 1. The zero-order valence-corrected chi connectivity index (χ0v) is 14.7. The molecule has 0 unspecified atom stereocenters. The first-order valence-corrected chi connectivity index (χ1v) is 8.63. The molecule has 26 heavy (non-hydrogen) atoms. The Morgan fingerprint density at radius 2 is 1.69 bits per heavy atom. The number of amides is 1. The number of esters is 1. The van der Waals surface area contributed by atoms with E-state index in [0.29, 0.717) is 11.3 Å². The van der Waals surface area contributed by atoms with E-state index >= 15 is 0 Å². The third kappa shape index (κ3) is 4.61. The fourth-order valence-corrected chi connectivity index (χ4v) is 2.68. The summed E-state index contributed by atoms with van der Waals surface area (Å²) in [5.74, 6) is -0.885. The van der Waals surface area contributed by atoms with Crippen LogP contribution in [0.25, 0.3) is 0 Å². The molecule has 0 aliphatic carbocycles. The van der Waals surface area contributed by atoms with Gasteiger partial charge in [0.05, 0.1) is 18.8 Å². The zero-order chi connectivity index (χ0) is 18.4. The maximum atomic E-state index is 12.3. The minimum Gasteiger partial charge on any atom is -0.449 e. The second-order valence-electron chi connectivity index (χ2n) is 6.05. The molecule has 1 aliphatic heterocycles. The van der Waals surface area contributed by atoms with Crippen molar-refractivity contribution in [3.8, 4) is 0 Å². The summed E-state index contributed by atoms with van der Waals surface area (Å²) in [5, 5.41) is 2.77. The van der Waals surface area contributed by atoms with Gasteiger partial charge in [0.15, 0.2) is 6.10 Å². The highest BCUT2D eigenvalue weighted by molar-refractivity contribution is 5.97. The lowest BCUT2D eigenvalue weighted by atomic mass is 10.2. The number of anilines is 2. The van der Waals surface area contributed by atoms with Crippen molar-refractivity contribution in [2.45, 2.75) is 13.0 Å².